The summed E-state index contributed by atoms with van der Waals surface area (Å²) in [6, 6.07) is 8.24. The summed E-state index contributed by atoms with van der Waals surface area (Å²) in [5.74, 6) is -1.88. The lowest BCUT2D eigenvalue weighted by Gasteiger charge is -2.33. The molecular formula is C20H18ClF3N2O5S. The van der Waals surface area contributed by atoms with Gasteiger partial charge in [0.05, 0.1) is 22.5 Å². The molecule has 0 radical (unpaired) electrons. The number of nitrogens with one attached hydrogen (secondary N) is 1. The molecule has 1 aliphatic rings. The van der Waals surface area contributed by atoms with Crippen LogP contribution in [-0.2, 0) is 43.5 Å². The highest BCUT2D eigenvalue weighted by molar-refractivity contribution is 7.88. The number of esters is 1. The highest BCUT2D eigenvalue weighted by Crippen LogP contribution is 2.34. The molecule has 12 heteroatoms. The third-order valence-corrected chi connectivity index (χ3v) is 6.38. The van der Waals surface area contributed by atoms with Crippen molar-refractivity contribution >= 4 is 39.2 Å². The molecule has 7 nitrogen and oxygen atoms in total. The van der Waals surface area contributed by atoms with E-state index in [4.69, 9.17) is 16.3 Å². The Kier molecular flexibility index (Phi) is 6.82. The molecule has 1 unspecified atom stereocenters. The maximum Gasteiger partial charge on any atom is 0.416 e. The molecule has 0 fully saturated rings. The lowest BCUT2D eigenvalue weighted by molar-refractivity contribution is -0.151. The molecule has 0 spiro atoms. The largest absolute Gasteiger partial charge is 0.454 e. The number of anilines is 1. The quantitative estimate of drug-likeness (QED) is 0.650. The first-order chi connectivity index (χ1) is 14.9. The molecule has 0 saturated heterocycles. The molecule has 0 saturated carbocycles. The number of hydrogen-bond acceptors (Lipinski definition) is 5. The van der Waals surface area contributed by atoms with Crippen LogP contribution in [0.4, 0.5) is 18.9 Å². The summed E-state index contributed by atoms with van der Waals surface area (Å²) in [7, 11) is -3.77. The maximum atomic E-state index is 12.9. The number of alkyl halides is 3. The first-order valence-electron chi connectivity index (χ1n) is 9.23. The highest BCUT2D eigenvalue weighted by atomic mass is 35.5. The first kappa shape index (κ1) is 24.0. The smallest absolute Gasteiger partial charge is 0.416 e. The van der Waals surface area contributed by atoms with E-state index in [1.54, 1.807) is 24.3 Å². The van der Waals surface area contributed by atoms with E-state index in [1.165, 1.54) is 0 Å². The van der Waals surface area contributed by atoms with Crippen molar-refractivity contribution in [3.05, 3.63) is 64.2 Å². The number of hydrogen-bond donors (Lipinski definition) is 1. The average molecular weight is 491 g/mol. The van der Waals surface area contributed by atoms with Crippen LogP contribution in [-0.4, -0.2) is 43.5 Å². The van der Waals surface area contributed by atoms with Gasteiger partial charge in [-0.25, -0.2) is 8.42 Å². The molecule has 0 aliphatic carbocycles. The number of fused-ring (bicyclic) bond motifs is 1. The third kappa shape index (κ3) is 5.59. The van der Waals surface area contributed by atoms with E-state index in [0.29, 0.717) is 6.07 Å². The molecule has 1 N–H and O–H groups in total. The van der Waals surface area contributed by atoms with Gasteiger partial charge in [-0.05, 0) is 29.3 Å². The van der Waals surface area contributed by atoms with Gasteiger partial charge in [-0.2, -0.15) is 17.5 Å². The van der Waals surface area contributed by atoms with Gasteiger partial charge in [-0.15, -0.1) is 0 Å². The molecule has 1 heterocycles. The number of halogens is 4. The summed E-state index contributed by atoms with van der Waals surface area (Å²) in [6.07, 6.45) is -3.62. The summed E-state index contributed by atoms with van der Waals surface area (Å²) in [4.78, 5) is 24.7. The Morgan fingerprint density at radius 1 is 1.19 bits per heavy atom. The zero-order valence-corrected chi connectivity index (χ0v) is 18.2. The molecule has 3 rings (SSSR count). The second kappa shape index (κ2) is 9.08. The van der Waals surface area contributed by atoms with E-state index in [2.05, 4.69) is 5.32 Å². The number of nitrogens with zero attached hydrogens (tertiary/aromatic N) is 1. The Bertz CT molecular complexity index is 1150. The van der Waals surface area contributed by atoms with Gasteiger partial charge in [-0.1, -0.05) is 35.9 Å². The number of rotatable bonds is 5. The van der Waals surface area contributed by atoms with Gasteiger partial charge in [0.25, 0.3) is 5.91 Å². The van der Waals surface area contributed by atoms with Gasteiger partial charge in [0, 0.05) is 13.0 Å². The number of ether oxygens (including phenoxy) is 1. The van der Waals surface area contributed by atoms with E-state index >= 15 is 0 Å². The Morgan fingerprint density at radius 2 is 1.84 bits per heavy atom. The number of amides is 1. The van der Waals surface area contributed by atoms with E-state index in [1.807, 2.05) is 0 Å². The molecule has 32 heavy (non-hydrogen) atoms. The molecule has 0 aromatic heterocycles. The van der Waals surface area contributed by atoms with Crippen LogP contribution in [0.2, 0.25) is 5.02 Å². The molecule has 1 amide bonds. The van der Waals surface area contributed by atoms with E-state index < -0.39 is 46.3 Å². The number of sulfonamides is 1. The Balaban J connectivity index is 1.69. The summed E-state index contributed by atoms with van der Waals surface area (Å²) in [5.41, 5.74) is 0.208. The molecule has 172 valence electrons. The monoisotopic (exact) mass is 490 g/mol. The van der Waals surface area contributed by atoms with Crippen LogP contribution in [0.1, 0.15) is 16.7 Å². The fourth-order valence-corrected chi connectivity index (χ4v) is 4.43. The van der Waals surface area contributed by atoms with Gasteiger partial charge < -0.3 is 10.1 Å². The van der Waals surface area contributed by atoms with Crippen molar-refractivity contribution in [1.29, 1.82) is 0 Å². The lowest BCUT2D eigenvalue weighted by atomic mass is 9.96. The van der Waals surface area contributed by atoms with Crippen LogP contribution >= 0.6 is 11.6 Å². The zero-order valence-electron chi connectivity index (χ0n) is 16.6. The number of carbonyl (C=O) groups is 2. The summed E-state index contributed by atoms with van der Waals surface area (Å²) >= 11 is 5.83. The van der Waals surface area contributed by atoms with E-state index in [-0.39, 0.29) is 23.7 Å². The Labute approximate surface area is 187 Å². The minimum atomic E-state index is -4.64. The van der Waals surface area contributed by atoms with Gasteiger partial charge in [0.2, 0.25) is 10.0 Å². The summed E-state index contributed by atoms with van der Waals surface area (Å²) in [5, 5.41) is 2.02. The van der Waals surface area contributed by atoms with Crippen LogP contribution in [0, 0.1) is 0 Å². The van der Waals surface area contributed by atoms with Crippen molar-refractivity contribution in [3.63, 3.8) is 0 Å². The van der Waals surface area contributed by atoms with Crippen molar-refractivity contribution in [3.8, 4) is 0 Å². The SMILES string of the molecule is CS(=O)(=O)N1Cc2ccccc2CC1C(=O)OCC(=O)Nc1cc(C(F)(F)F)ccc1Cl. The molecular weight excluding hydrogens is 473 g/mol. The summed E-state index contributed by atoms with van der Waals surface area (Å²) in [6.45, 7) is -0.859. The van der Waals surface area contributed by atoms with Crippen molar-refractivity contribution in [2.24, 2.45) is 0 Å². The lowest BCUT2D eigenvalue weighted by Crippen LogP contribution is -2.49. The normalized spacial score (nSPS) is 16.8. The molecule has 1 aliphatic heterocycles. The highest BCUT2D eigenvalue weighted by Gasteiger charge is 2.38. The topological polar surface area (TPSA) is 92.8 Å². The predicted octanol–water partition coefficient (Wildman–Crippen LogP) is 3.23. The van der Waals surface area contributed by atoms with Crippen molar-refractivity contribution in [2.45, 2.75) is 25.2 Å². The minimum absolute atomic E-state index is 0.0270. The van der Waals surface area contributed by atoms with Crippen LogP contribution in [0.15, 0.2) is 42.5 Å². The second-order valence-corrected chi connectivity index (χ2v) is 9.49. The zero-order chi connectivity index (χ0) is 23.7. The standard InChI is InChI=1S/C20H18ClF3N2O5S/c1-32(29,30)26-10-13-5-3-2-4-12(13)8-17(26)19(28)31-11-18(27)25-16-9-14(20(22,23)24)6-7-15(16)21/h2-7,9,17H,8,10-11H2,1H3,(H,25,27). The second-order valence-electron chi connectivity index (χ2n) is 7.15. The molecule has 1 atom stereocenters. The van der Waals surface area contributed by atoms with Crippen LogP contribution < -0.4 is 5.32 Å². The Morgan fingerprint density at radius 3 is 2.47 bits per heavy atom. The van der Waals surface area contributed by atoms with Crippen molar-refractivity contribution in [2.75, 3.05) is 18.2 Å². The van der Waals surface area contributed by atoms with Gasteiger partial charge in [0.1, 0.15) is 6.04 Å². The average Bonchev–Trinajstić information content (AvgIpc) is 2.71. The van der Waals surface area contributed by atoms with Crippen molar-refractivity contribution < 1.29 is 35.9 Å². The summed E-state index contributed by atoms with van der Waals surface area (Å²) < 4.78 is 68.9. The van der Waals surface area contributed by atoms with E-state index in [9.17, 15) is 31.2 Å². The fourth-order valence-electron chi connectivity index (χ4n) is 3.26. The van der Waals surface area contributed by atoms with E-state index in [0.717, 1.165) is 33.8 Å². The minimum Gasteiger partial charge on any atom is -0.454 e. The molecule has 0 bridgehead atoms. The van der Waals surface area contributed by atoms with Gasteiger partial charge in [-0.3, -0.25) is 9.59 Å². The number of benzene rings is 2. The Hall–Kier alpha value is -2.63. The van der Waals surface area contributed by atoms with Gasteiger partial charge >= 0.3 is 12.1 Å². The molecule has 2 aromatic carbocycles. The number of carbonyl (C=O) groups excluding carboxylic acids is 2. The predicted molar refractivity (Wildman–Crippen MR) is 110 cm³/mol. The molecule has 2 aromatic rings. The third-order valence-electron chi connectivity index (χ3n) is 4.82. The van der Waals surface area contributed by atoms with Crippen LogP contribution in [0.3, 0.4) is 0 Å². The maximum absolute atomic E-state index is 12.9. The van der Waals surface area contributed by atoms with Gasteiger partial charge in [0.15, 0.2) is 6.61 Å². The van der Waals surface area contributed by atoms with Crippen LogP contribution in [0.5, 0.6) is 0 Å². The first-order valence-corrected chi connectivity index (χ1v) is 11.5. The van der Waals surface area contributed by atoms with Crippen LogP contribution in [0.25, 0.3) is 0 Å². The van der Waals surface area contributed by atoms with Crippen molar-refractivity contribution in [1.82, 2.24) is 4.31 Å². The fraction of sp³-hybridized carbons (Fsp3) is 0.300.